The van der Waals surface area contributed by atoms with Gasteiger partial charge in [-0.2, -0.15) is 0 Å². The van der Waals surface area contributed by atoms with E-state index in [9.17, 15) is 4.79 Å². The molecule has 6 heteroatoms. The van der Waals surface area contributed by atoms with Gasteiger partial charge in [-0.05, 0) is 35.9 Å². The van der Waals surface area contributed by atoms with Gasteiger partial charge in [0.15, 0.2) is 0 Å². The number of aromatic nitrogens is 2. The number of hydrogen-bond donors (Lipinski definition) is 2. The number of benzene rings is 2. The van der Waals surface area contributed by atoms with Crippen LogP contribution in [-0.4, -0.2) is 42.5 Å². The van der Waals surface area contributed by atoms with Crippen LogP contribution in [0.5, 0.6) is 0 Å². The predicted octanol–water partition coefficient (Wildman–Crippen LogP) is 2.44. The Bertz CT molecular complexity index is 918. The number of morpholine rings is 1. The topological polar surface area (TPSA) is 73.5 Å². The van der Waals surface area contributed by atoms with Crippen molar-refractivity contribution < 1.29 is 4.74 Å². The number of hydrogen-bond acceptors (Lipinski definition) is 4. The minimum atomic E-state index is -0.204. The average molecular weight is 322 g/mol. The maximum absolute atomic E-state index is 11.3. The highest BCUT2D eigenvalue weighted by molar-refractivity contribution is 5.84. The van der Waals surface area contributed by atoms with Crippen LogP contribution >= 0.6 is 0 Å². The quantitative estimate of drug-likeness (QED) is 0.728. The van der Waals surface area contributed by atoms with Crippen LogP contribution in [0, 0.1) is 0 Å². The van der Waals surface area contributed by atoms with E-state index in [-0.39, 0.29) is 5.69 Å². The number of fused-ring (bicyclic) bond motifs is 1. The van der Waals surface area contributed by atoms with Crippen molar-refractivity contribution in [2.24, 2.45) is 4.99 Å². The second-order valence-electron chi connectivity index (χ2n) is 5.76. The van der Waals surface area contributed by atoms with Gasteiger partial charge >= 0.3 is 5.69 Å². The van der Waals surface area contributed by atoms with E-state index in [1.54, 1.807) is 0 Å². The summed E-state index contributed by atoms with van der Waals surface area (Å²) in [5.41, 5.74) is 4.39. The summed E-state index contributed by atoms with van der Waals surface area (Å²) < 4.78 is 5.38. The molecule has 0 unspecified atom stereocenters. The zero-order valence-electron chi connectivity index (χ0n) is 13.2. The second kappa shape index (κ2) is 6.33. The van der Waals surface area contributed by atoms with E-state index in [1.807, 2.05) is 24.4 Å². The summed E-state index contributed by atoms with van der Waals surface area (Å²) >= 11 is 0. The van der Waals surface area contributed by atoms with Gasteiger partial charge in [-0.15, -0.1) is 0 Å². The summed E-state index contributed by atoms with van der Waals surface area (Å²) in [6.45, 7) is 3.44. The third-order valence-corrected chi connectivity index (χ3v) is 4.13. The molecule has 0 aliphatic carbocycles. The molecule has 0 saturated carbocycles. The van der Waals surface area contributed by atoms with Crippen molar-refractivity contribution in [2.45, 2.75) is 0 Å². The fraction of sp³-hybridized carbons (Fsp3) is 0.222. The van der Waals surface area contributed by atoms with E-state index >= 15 is 0 Å². The number of aromatic amines is 2. The van der Waals surface area contributed by atoms with E-state index in [2.05, 4.69) is 44.1 Å². The smallest absolute Gasteiger partial charge is 0.323 e. The molecule has 0 radical (unpaired) electrons. The van der Waals surface area contributed by atoms with E-state index in [0.717, 1.165) is 48.6 Å². The van der Waals surface area contributed by atoms with E-state index in [0.29, 0.717) is 0 Å². The second-order valence-corrected chi connectivity index (χ2v) is 5.76. The lowest BCUT2D eigenvalue weighted by molar-refractivity contribution is 0.122. The SMILES string of the molecule is O=c1[nH]c2ccc(N=Cc3ccc(N4CCOCC4)cc3)cc2[nH]1. The number of imidazole rings is 1. The zero-order chi connectivity index (χ0) is 16.4. The Morgan fingerprint density at radius 2 is 1.75 bits per heavy atom. The molecule has 2 N–H and O–H groups in total. The molecule has 1 saturated heterocycles. The first-order valence-corrected chi connectivity index (χ1v) is 7.97. The number of H-pyrrole nitrogens is 2. The Morgan fingerprint density at radius 1 is 1.00 bits per heavy atom. The molecule has 0 spiro atoms. The van der Waals surface area contributed by atoms with Crippen molar-refractivity contribution >= 4 is 28.6 Å². The fourth-order valence-corrected chi connectivity index (χ4v) is 2.84. The summed E-state index contributed by atoms with van der Waals surface area (Å²) in [5, 5.41) is 0. The van der Waals surface area contributed by atoms with Gasteiger partial charge in [-0.1, -0.05) is 12.1 Å². The lowest BCUT2D eigenvalue weighted by Crippen LogP contribution is -2.36. The summed E-state index contributed by atoms with van der Waals surface area (Å²) in [7, 11) is 0. The molecular formula is C18H18N4O2. The van der Waals surface area contributed by atoms with Gasteiger partial charge in [0.05, 0.1) is 29.9 Å². The number of ether oxygens (including phenoxy) is 1. The zero-order valence-corrected chi connectivity index (χ0v) is 13.2. The number of nitrogens with one attached hydrogen (secondary N) is 2. The third-order valence-electron chi connectivity index (χ3n) is 4.13. The number of aliphatic imine (C=N–C) groups is 1. The van der Waals surface area contributed by atoms with Crippen molar-refractivity contribution in [3.05, 3.63) is 58.5 Å². The molecule has 2 heterocycles. The molecule has 24 heavy (non-hydrogen) atoms. The standard InChI is InChI=1S/C18H18N4O2/c23-18-20-16-6-3-14(11-17(16)21-18)19-12-13-1-4-15(5-2-13)22-7-9-24-10-8-22/h1-6,11-12H,7-10H2,(H2,20,21,23). The van der Waals surface area contributed by atoms with E-state index in [4.69, 9.17) is 4.74 Å². The van der Waals surface area contributed by atoms with Crippen LogP contribution in [0.3, 0.4) is 0 Å². The van der Waals surface area contributed by atoms with Crippen LogP contribution in [0.2, 0.25) is 0 Å². The molecule has 6 nitrogen and oxygen atoms in total. The molecule has 4 rings (SSSR count). The first-order valence-electron chi connectivity index (χ1n) is 7.97. The number of nitrogens with zero attached hydrogens (tertiary/aromatic N) is 2. The van der Waals surface area contributed by atoms with Gasteiger partial charge < -0.3 is 19.6 Å². The van der Waals surface area contributed by atoms with Crippen LogP contribution in [0.25, 0.3) is 11.0 Å². The first kappa shape index (κ1) is 14.7. The highest BCUT2D eigenvalue weighted by Gasteiger charge is 2.10. The highest BCUT2D eigenvalue weighted by Crippen LogP contribution is 2.19. The Morgan fingerprint density at radius 3 is 2.54 bits per heavy atom. The Hall–Kier alpha value is -2.86. The van der Waals surface area contributed by atoms with Gasteiger partial charge in [0.1, 0.15) is 0 Å². The predicted molar refractivity (Wildman–Crippen MR) is 95.6 cm³/mol. The van der Waals surface area contributed by atoms with Gasteiger partial charge in [-0.25, -0.2) is 4.79 Å². The fourth-order valence-electron chi connectivity index (χ4n) is 2.84. The third kappa shape index (κ3) is 3.09. The van der Waals surface area contributed by atoms with Crippen molar-refractivity contribution in [2.75, 3.05) is 31.2 Å². The highest BCUT2D eigenvalue weighted by atomic mass is 16.5. The van der Waals surface area contributed by atoms with Gasteiger partial charge in [0, 0.05) is 25.0 Å². The molecule has 122 valence electrons. The monoisotopic (exact) mass is 322 g/mol. The Labute approximate surface area is 138 Å². The molecule has 0 bridgehead atoms. The van der Waals surface area contributed by atoms with E-state index in [1.165, 1.54) is 5.69 Å². The minimum absolute atomic E-state index is 0.204. The summed E-state index contributed by atoms with van der Waals surface area (Å²) in [5.74, 6) is 0. The maximum atomic E-state index is 11.3. The van der Waals surface area contributed by atoms with Crippen LogP contribution in [-0.2, 0) is 4.74 Å². The first-order chi connectivity index (χ1) is 11.8. The lowest BCUT2D eigenvalue weighted by atomic mass is 10.2. The van der Waals surface area contributed by atoms with Crippen molar-refractivity contribution in [1.82, 2.24) is 9.97 Å². The minimum Gasteiger partial charge on any atom is -0.378 e. The lowest BCUT2D eigenvalue weighted by Gasteiger charge is -2.28. The molecule has 1 aromatic heterocycles. The van der Waals surface area contributed by atoms with Crippen molar-refractivity contribution in [3.8, 4) is 0 Å². The van der Waals surface area contributed by atoms with Crippen LogP contribution in [0.15, 0.2) is 52.3 Å². The Balaban J connectivity index is 1.50. The molecule has 0 atom stereocenters. The van der Waals surface area contributed by atoms with Gasteiger partial charge in [-0.3, -0.25) is 4.99 Å². The molecule has 1 aliphatic heterocycles. The normalized spacial score (nSPS) is 15.4. The van der Waals surface area contributed by atoms with Crippen molar-refractivity contribution in [1.29, 1.82) is 0 Å². The summed E-state index contributed by atoms with van der Waals surface area (Å²) in [4.78, 5) is 23.5. The average Bonchev–Trinajstić information content (AvgIpc) is 3.00. The molecule has 1 aliphatic rings. The van der Waals surface area contributed by atoms with Gasteiger partial charge in [0.2, 0.25) is 0 Å². The van der Waals surface area contributed by atoms with Crippen LogP contribution in [0.4, 0.5) is 11.4 Å². The Kier molecular flexibility index (Phi) is 3.88. The number of rotatable bonds is 3. The van der Waals surface area contributed by atoms with Crippen LogP contribution in [0.1, 0.15) is 5.56 Å². The van der Waals surface area contributed by atoms with Crippen molar-refractivity contribution in [3.63, 3.8) is 0 Å². The van der Waals surface area contributed by atoms with E-state index < -0.39 is 0 Å². The maximum Gasteiger partial charge on any atom is 0.323 e. The molecule has 1 fully saturated rings. The largest absolute Gasteiger partial charge is 0.378 e. The molecular weight excluding hydrogens is 304 g/mol. The molecule has 0 amide bonds. The molecule has 2 aromatic carbocycles. The molecule has 3 aromatic rings. The van der Waals surface area contributed by atoms with Crippen LogP contribution < -0.4 is 10.6 Å². The summed E-state index contributed by atoms with van der Waals surface area (Å²) in [6.07, 6.45) is 1.83. The van der Waals surface area contributed by atoms with Gasteiger partial charge in [0.25, 0.3) is 0 Å². The number of anilines is 1. The summed E-state index contributed by atoms with van der Waals surface area (Å²) in [6, 6.07) is 13.9.